The standard InChI is InChI=1S/C18H15FN2O2/c1-11-15(17(22)12-6-3-2-4-7-12)16(21-18(23)20-11)13-8-5-9-14(19)10-13/h2-10,15-16H,1H2,(H2,20,21,23). The van der Waals surface area contributed by atoms with Gasteiger partial charge in [-0.25, -0.2) is 9.18 Å². The zero-order valence-electron chi connectivity index (χ0n) is 12.3. The molecule has 1 fully saturated rings. The molecule has 1 aliphatic heterocycles. The van der Waals surface area contributed by atoms with Gasteiger partial charge in [-0.3, -0.25) is 4.79 Å². The molecule has 0 aromatic heterocycles. The summed E-state index contributed by atoms with van der Waals surface area (Å²) >= 11 is 0. The molecule has 0 aliphatic carbocycles. The smallest absolute Gasteiger partial charge is 0.319 e. The van der Waals surface area contributed by atoms with E-state index in [2.05, 4.69) is 17.2 Å². The van der Waals surface area contributed by atoms with E-state index >= 15 is 0 Å². The first-order valence-electron chi connectivity index (χ1n) is 7.17. The van der Waals surface area contributed by atoms with E-state index in [1.54, 1.807) is 36.4 Å². The highest BCUT2D eigenvalue weighted by Gasteiger charge is 2.38. The second-order valence-corrected chi connectivity index (χ2v) is 5.36. The molecule has 2 amide bonds. The molecule has 2 aromatic rings. The normalized spacial score (nSPS) is 20.6. The highest BCUT2D eigenvalue weighted by atomic mass is 19.1. The molecule has 2 aromatic carbocycles. The van der Waals surface area contributed by atoms with Crippen molar-refractivity contribution in [3.05, 3.63) is 83.8 Å². The third-order valence-corrected chi connectivity index (χ3v) is 3.82. The molecular weight excluding hydrogens is 295 g/mol. The van der Waals surface area contributed by atoms with Crippen molar-refractivity contribution in [2.24, 2.45) is 5.92 Å². The van der Waals surface area contributed by atoms with Crippen LogP contribution in [0.2, 0.25) is 0 Å². The molecule has 1 heterocycles. The minimum Gasteiger partial charge on any atom is -0.330 e. The Morgan fingerprint density at radius 3 is 2.52 bits per heavy atom. The quantitative estimate of drug-likeness (QED) is 0.855. The van der Waals surface area contributed by atoms with Gasteiger partial charge in [-0.1, -0.05) is 49.0 Å². The second-order valence-electron chi connectivity index (χ2n) is 5.36. The van der Waals surface area contributed by atoms with Crippen LogP contribution in [0.4, 0.5) is 9.18 Å². The number of benzene rings is 2. The van der Waals surface area contributed by atoms with Crippen molar-refractivity contribution >= 4 is 11.8 Å². The van der Waals surface area contributed by atoms with Crippen molar-refractivity contribution in [2.75, 3.05) is 0 Å². The van der Waals surface area contributed by atoms with Crippen LogP contribution in [0, 0.1) is 11.7 Å². The second kappa shape index (κ2) is 6.04. The number of amides is 2. The van der Waals surface area contributed by atoms with E-state index < -0.39 is 23.8 Å². The predicted octanol–water partition coefficient (Wildman–Crippen LogP) is 3.19. The van der Waals surface area contributed by atoms with Crippen LogP contribution in [0.5, 0.6) is 0 Å². The lowest BCUT2D eigenvalue weighted by Gasteiger charge is -2.34. The summed E-state index contributed by atoms with van der Waals surface area (Å²) < 4.78 is 13.5. The zero-order valence-corrected chi connectivity index (χ0v) is 12.3. The number of carbonyl (C=O) groups is 2. The fourth-order valence-electron chi connectivity index (χ4n) is 2.75. The topological polar surface area (TPSA) is 58.2 Å². The first kappa shape index (κ1) is 15.0. The molecule has 1 saturated heterocycles. The van der Waals surface area contributed by atoms with Gasteiger partial charge in [-0.05, 0) is 17.7 Å². The number of nitrogens with one attached hydrogen (secondary N) is 2. The summed E-state index contributed by atoms with van der Waals surface area (Å²) in [7, 11) is 0. The van der Waals surface area contributed by atoms with Crippen molar-refractivity contribution in [1.29, 1.82) is 0 Å². The van der Waals surface area contributed by atoms with Crippen molar-refractivity contribution in [2.45, 2.75) is 6.04 Å². The average molecular weight is 310 g/mol. The van der Waals surface area contributed by atoms with Crippen LogP contribution in [0.25, 0.3) is 0 Å². The van der Waals surface area contributed by atoms with Gasteiger partial charge in [0.15, 0.2) is 5.78 Å². The van der Waals surface area contributed by atoms with Crippen LogP contribution in [-0.4, -0.2) is 11.8 Å². The lowest BCUT2D eigenvalue weighted by atomic mass is 9.83. The van der Waals surface area contributed by atoms with Crippen LogP contribution in [0.3, 0.4) is 0 Å². The average Bonchev–Trinajstić information content (AvgIpc) is 2.54. The molecule has 23 heavy (non-hydrogen) atoms. The van der Waals surface area contributed by atoms with Crippen molar-refractivity contribution in [3.63, 3.8) is 0 Å². The van der Waals surface area contributed by atoms with Gasteiger partial charge in [0.1, 0.15) is 5.82 Å². The lowest BCUT2D eigenvalue weighted by molar-refractivity contribution is 0.0905. The van der Waals surface area contributed by atoms with E-state index in [-0.39, 0.29) is 5.78 Å². The van der Waals surface area contributed by atoms with E-state index in [1.165, 1.54) is 12.1 Å². The fourth-order valence-corrected chi connectivity index (χ4v) is 2.75. The Hall–Kier alpha value is -2.95. The third-order valence-electron chi connectivity index (χ3n) is 3.82. The maximum Gasteiger partial charge on any atom is 0.319 e. The summed E-state index contributed by atoms with van der Waals surface area (Å²) in [5.41, 5.74) is 1.34. The summed E-state index contributed by atoms with van der Waals surface area (Å²) in [5.74, 6) is -1.32. The van der Waals surface area contributed by atoms with Gasteiger partial charge in [0.25, 0.3) is 0 Å². The molecule has 2 unspecified atom stereocenters. The number of Topliss-reactive ketones (excluding diaryl/α,β-unsaturated/α-hetero) is 1. The minimum atomic E-state index is -0.711. The maximum absolute atomic E-state index is 13.5. The molecule has 116 valence electrons. The molecule has 2 atom stereocenters. The SMILES string of the molecule is C=C1NC(=O)NC(c2cccc(F)c2)C1C(=O)c1ccccc1. The zero-order chi connectivity index (χ0) is 16.4. The molecule has 4 nitrogen and oxygen atoms in total. The van der Waals surface area contributed by atoms with Crippen LogP contribution in [0.15, 0.2) is 66.9 Å². The van der Waals surface area contributed by atoms with Gasteiger partial charge in [0, 0.05) is 11.3 Å². The highest BCUT2D eigenvalue weighted by molar-refractivity contribution is 6.01. The Kier molecular flexibility index (Phi) is 3.93. The fraction of sp³-hybridized carbons (Fsp3) is 0.111. The van der Waals surface area contributed by atoms with E-state index in [9.17, 15) is 14.0 Å². The summed E-state index contributed by atoms with van der Waals surface area (Å²) in [4.78, 5) is 24.6. The van der Waals surface area contributed by atoms with Crippen LogP contribution < -0.4 is 10.6 Å². The van der Waals surface area contributed by atoms with E-state index in [4.69, 9.17) is 0 Å². The summed E-state index contributed by atoms with van der Waals surface area (Å²) in [6, 6.07) is 13.5. The number of urea groups is 1. The molecule has 2 N–H and O–H groups in total. The van der Waals surface area contributed by atoms with Crippen molar-refractivity contribution in [3.8, 4) is 0 Å². The molecule has 3 rings (SSSR count). The summed E-state index contributed by atoms with van der Waals surface area (Å²) in [6.07, 6.45) is 0. The Labute approximate surface area is 133 Å². The van der Waals surface area contributed by atoms with E-state index in [1.807, 2.05) is 6.07 Å². The molecular formula is C18H15FN2O2. The highest BCUT2D eigenvalue weighted by Crippen LogP contribution is 2.32. The molecule has 1 aliphatic rings. The molecule has 0 bridgehead atoms. The number of ketones is 1. The van der Waals surface area contributed by atoms with Gasteiger partial charge in [-0.2, -0.15) is 0 Å². The van der Waals surface area contributed by atoms with Crippen molar-refractivity contribution < 1.29 is 14.0 Å². The lowest BCUT2D eigenvalue weighted by Crippen LogP contribution is -2.50. The first-order valence-corrected chi connectivity index (χ1v) is 7.17. The summed E-state index contributed by atoms with van der Waals surface area (Å²) in [6.45, 7) is 3.80. The Balaban J connectivity index is 2.01. The Morgan fingerprint density at radius 1 is 1.09 bits per heavy atom. The molecule has 0 saturated carbocycles. The number of hydrogen-bond donors (Lipinski definition) is 2. The number of halogens is 1. The van der Waals surface area contributed by atoms with Crippen molar-refractivity contribution in [1.82, 2.24) is 10.6 Å². The van der Waals surface area contributed by atoms with Gasteiger partial charge in [0.2, 0.25) is 0 Å². The Bertz CT molecular complexity index is 774. The van der Waals surface area contributed by atoms with Crippen LogP contribution >= 0.6 is 0 Å². The predicted molar refractivity (Wildman–Crippen MR) is 84.2 cm³/mol. The molecule has 0 radical (unpaired) electrons. The Morgan fingerprint density at radius 2 is 1.83 bits per heavy atom. The van der Waals surface area contributed by atoms with E-state index in [0.717, 1.165) is 0 Å². The number of hydrogen-bond acceptors (Lipinski definition) is 2. The third kappa shape index (κ3) is 2.99. The first-order chi connectivity index (χ1) is 11.1. The molecule has 5 heteroatoms. The van der Waals surface area contributed by atoms with Crippen LogP contribution in [0.1, 0.15) is 22.0 Å². The minimum absolute atomic E-state index is 0.183. The largest absolute Gasteiger partial charge is 0.330 e. The van der Waals surface area contributed by atoms with Gasteiger partial charge in [0.05, 0.1) is 12.0 Å². The maximum atomic E-state index is 13.5. The van der Waals surface area contributed by atoms with Gasteiger partial charge in [-0.15, -0.1) is 0 Å². The van der Waals surface area contributed by atoms with E-state index in [0.29, 0.717) is 16.8 Å². The van der Waals surface area contributed by atoms with Gasteiger partial charge < -0.3 is 10.6 Å². The molecule has 0 spiro atoms. The monoisotopic (exact) mass is 310 g/mol. The number of rotatable bonds is 3. The van der Waals surface area contributed by atoms with Crippen LogP contribution in [-0.2, 0) is 0 Å². The number of carbonyl (C=O) groups excluding carboxylic acids is 2. The van der Waals surface area contributed by atoms with Gasteiger partial charge >= 0.3 is 6.03 Å². The summed E-state index contributed by atoms with van der Waals surface area (Å²) in [5, 5.41) is 5.23.